The normalized spacial score (nSPS) is 10.5. The standard InChI is InChI=1S/C23H22BrN3O2S/c1-16-12-19(24)7-10-21(16)26-22(28)14-27(2)23(29)18-5-8-20(9-6-18)30-15-17-4-3-11-25-13-17/h3-13H,14-15H2,1-2H3,(H,26,28). The van der Waals surface area contributed by atoms with Crippen molar-refractivity contribution in [3.63, 3.8) is 0 Å². The first-order valence-corrected chi connectivity index (χ1v) is 11.1. The van der Waals surface area contributed by atoms with E-state index in [2.05, 4.69) is 26.2 Å². The van der Waals surface area contributed by atoms with Crippen LogP contribution in [0.5, 0.6) is 0 Å². The number of aromatic nitrogens is 1. The van der Waals surface area contributed by atoms with Crippen LogP contribution in [0, 0.1) is 6.92 Å². The van der Waals surface area contributed by atoms with Gasteiger partial charge in [-0.15, -0.1) is 11.8 Å². The van der Waals surface area contributed by atoms with Crippen molar-refractivity contribution < 1.29 is 9.59 Å². The second-order valence-electron chi connectivity index (χ2n) is 6.84. The third-order valence-electron chi connectivity index (χ3n) is 4.42. The Morgan fingerprint density at radius 1 is 1.13 bits per heavy atom. The van der Waals surface area contributed by atoms with E-state index in [0.29, 0.717) is 5.56 Å². The minimum Gasteiger partial charge on any atom is -0.332 e. The van der Waals surface area contributed by atoms with Gasteiger partial charge in [0.1, 0.15) is 0 Å². The van der Waals surface area contributed by atoms with Gasteiger partial charge in [0.2, 0.25) is 5.91 Å². The highest BCUT2D eigenvalue weighted by atomic mass is 79.9. The van der Waals surface area contributed by atoms with Crippen LogP contribution in [0.1, 0.15) is 21.5 Å². The third-order valence-corrected chi connectivity index (χ3v) is 6.00. The molecule has 0 aliphatic heterocycles. The monoisotopic (exact) mass is 483 g/mol. The van der Waals surface area contributed by atoms with Gasteiger partial charge in [-0.1, -0.05) is 22.0 Å². The van der Waals surface area contributed by atoms with Gasteiger partial charge in [-0.25, -0.2) is 0 Å². The van der Waals surface area contributed by atoms with Crippen LogP contribution in [-0.4, -0.2) is 35.3 Å². The molecule has 2 amide bonds. The molecule has 1 heterocycles. The molecule has 3 aromatic rings. The van der Waals surface area contributed by atoms with Crippen LogP contribution in [0.3, 0.4) is 0 Å². The maximum absolute atomic E-state index is 12.7. The predicted octanol–water partition coefficient (Wildman–Crippen LogP) is 5.16. The van der Waals surface area contributed by atoms with E-state index in [1.165, 1.54) is 4.90 Å². The van der Waals surface area contributed by atoms with Gasteiger partial charge in [0, 0.05) is 45.8 Å². The fourth-order valence-electron chi connectivity index (χ4n) is 2.81. The van der Waals surface area contributed by atoms with Crippen molar-refractivity contribution in [1.29, 1.82) is 0 Å². The molecule has 0 atom stereocenters. The number of rotatable bonds is 7. The molecule has 0 bridgehead atoms. The van der Waals surface area contributed by atoms with E-state index in [4.69, 9.17) is 0 Å². The average Bonchev–Trinajstić information content (AvgIpc) is 2.75. The molecule has 1 aromatic heterocycles. The number of likely N-dealkylation sites (N-methyl/N-ethyl adjacent to an activating group) is 1. The number of hydrogen-bond acceptors (Lipinski definition) is 4. The smallest absolute Gasteiger partial charge is 0.254 e. The Labute approximate surface area is 189 Å². The Bertz CT molecular complexity index is 1030. The summed E-state index contributed by atoms with van der Waals surface area (Å²) in [6.45, 7) is 1.90. The molecule has 0 fully saturated rings. The number of nitrogens with zero attached hydrogens (tertiary/aromatic N) is 2. The molecule has 0 aliphatic carbocycles. The second kappa shape index (κ2) is 10.4. The summed E-state index contributed by atoms with van der Waals surface area (Å²) in [5.41, 5.74) is 3.38. The van der Waals surface area contributed by atoms with Crippen molar-refractivity contribution in [3.05, 3.63) is 88.2 Å². The minimum atomic E-state index is -0.236. The van der Waals surface area contributed by atoms with Crippen LogP contribution < -0.4 is 5.32 Å². The van der Waals surface area contributed by atoms with Crippen molar-refractivity contribution in [2.45, 2.75) is 17.6 Å². The average molecular weight is 484 g/mol. The highest BCUT2D eigenvalue weighted by Crippen LogP contribution is 2.23. The number of carbonyl (C=O) groups excluding carboxylic acids is 2. The van der Waals surface area contributed by atoms with Crippen LogP contribution in [0.4, 0.5) is 5.69 Å². The molecule has 0 saturated carbocycles. The molecule has 0 saturated heterocycles. The minimum absolute atomic E-state index is 0.0220. The number of nitrogens with one attached hydrogen (secondary N) is 1. The van der Waals surface area contributed by atoms with E-state index in [-0.39, 0.29) is 18.4 Å². The van der Waals surface area contributed by atoms with Gasteiger partial charge >= 0.3 is 0 Å². The lowest BCUT2D eigenvalue weighted by Gasteiger charge is -2.17. The second-order valence-corrected chi connectivity index (χ2v) is 8.81. The Morgan fingerprint density at radius 3 is 2.57 bits per heavy atom. The van der Waals surface area contributed by atoms with Crippen LogP contribution in [0.25, 0.3) is 0 Å². The highest BCUT2D eigenvalue weighted by molar-refractivity contribution is 9.10. The molecular weight excluding hydrogens is 462 g/mol. The lowest BCUT2D eigenvalue weighted by atomic mass is 10.2. The van der Waals surface area contributed by atoms with Crippen LogP contribution >= 0.6 is 27.7 Å². The number of aryl methyl sites for hydroxylation is 1. The summed E-state index contributed by atoms with van der Waals surface area (Å²) in [5, 5.41) is 2.85. The number of hydrogen-bond donors (Lipinski definition) is 1. The van der Waals surface area contributed by atoms with Crippen LogP contribution in [0.2, 0.25) is 0 Å². The molecular formula is C23H22BrN3O2S. The molecule has 0 unspecified atom stereocenters. The summed E-state index contributed by atoms with van der Waals surface area (Å²) in [6.07, 6.45) is 3.60. The summed E-state index contributed by atoms with van der Waals surface area (Å²) < 4.78 is 0.951. The number of thioether (sulfide) groups is 1. The number of benzene rings is 2. The molecule has 3 rings (SSSR count). The van der Waals surface area contributed by atoms with E-state index in [0.717, 1.165) is 31.9 Å². The maximum Gasteiger partial charge on any atom is 0.254 e. The fourth-order valence-corrected chi connectivity index (χ4v) is 4.12. The molecule has 2 aromatic carbocycles. The summed E-state index contributed by atoms with van der Waals surface area (Å²) >= 11 is 5.09. The zero-order valence-corrected chi connectivity index (χ0v) is 19.2. The molecule has 1 N–H and O–H groups in total. The van der Waals surface area contributed by atoms with Gasteiger partial charge in [0.25, 0.3) is 5.91 Å². The van der Waals surface area contributed by atoms with Gasteiger partial charge in [0.15, 0.2) is 0 Å². The van der Waals surface area contributed by atoms with Crippen molar-refractivity contribution in [2.24, 2.45) is 0 Å². The van der Waals surface area contributed by atoms with Gasteiger partial charge in [-0.3, -0.25) is 14.6 Å². The zero-order valence-electron chi connectivity index (χ0n) is 16.8. The fraction of sp³-hybridized carbons (Fsp3) is 0.174. The quantitative estimate of drug-likeness (QED) is 0.471. The van der Waals surface area contributed by atoms with Crippen molar-refractivity contribution in [2.75, 3.05) is 18.9 Å². The van der Waals surface area contributed by atoms with Gasteiger partial charge in [-0.2, -0.15) is 0 Å². The molecule has 0 radical (unpaired) electrons. The first-order chi connectivity index (χ1) is 14.4. The SMILES string of the molecule is Cc1cc(Br)ccc1NC(=O)CN(C)C(=O)c1ccc(SCc2cccnc2)cc1. The van der Waals surface area contributed by atoms with E-state index in [9.17, 15) is 9.59 Å². The van der Waals surface area contributed by atoms with Gasteiger partial charge in [0.05, 0.1) is 6.54 Å². The number of halogens is 1. The molecule has 30 heavy (non-hydrogen) atoms. The van der Waals surface area contributed by atoms with E-state index in [1.54, 1.807) is 37.1 Å². The summed E-state index contributed by atoms with van der Waals surface area (Å²) in [6, 6.07) is 17.0. The van der Waals surface area contributed by atoms with Crippen molar-refractivity contribution in [3.8, 4) is 0 Å². The van der Waals surface area contributed by atoms with Crippen LogP contribution in [-0.2, 0) is 10.5 Å². The van der Waals surface area contributed by atoms with Crippen molar-refractivity contribution >= 4 is 45.2 Å². The van der Waals surface area contributed by atoms with Gasteiger partial charge < -0.3 is 10.2 Å². The Balaban J connectivity index is 1.54. The maximum atomic E-state index is 12.7. The number of pyridine rings is 1. The summed E-state index contributed by atoms with van der Waals surface area (Å²) in [5.74, 6) is 0.387. The van der Waals surface area contributed by atoms with Crippen molar-refractivity contribution in [1.82, 2.24) is 9.88 Å². The number of amides is 2. The molecule has 0 spiro atoms. The highest BCUT2D eigenvalue weighted by Gasteiger charge is 2.15. The van der Waals surface area contributed by atoms with Crippen LogP contribution in [0.15, 0.2) is 76.4 Å². The zero-order chi connectivity index (χ0) is 21.5. The Morgan fingerprint density at radius 2 is 1.90 bits per heavy atom. The first-order valence-electron chi connectivity index (χ1n) is 9.35. The molecule has 7 heteroatoms. The largest absolute Gasteiger partial charge is 0.332 e. The molecule has 5 nitrogen and oxygen atoms in total. The van der Waals surface area contributed by atoms with E-state index in [1.807, 2.05) is 55.6 Å². The number of anilines is 1. The molecule has 0 aliphatic rings. The molecule has 154 valence electrons. The predicted molar refractivity (Wildman–Crippen MR) is 125 cm³/mol. The lowest BCUT2D eigenvalue weighted by Crippen LogP contribution is -2.35. The van der Waals surface area contributed by atoms with E-state index < -0.39 is 0 Å². The summed E-state index contributed by atoms with van der Waals surface area (Å²) in [7, 11) is 1.63. The van der Waals surface area contributed by atoms with Gasteiger partial charge in [-0.05, 0) is 66.6 Å². The number of carbonyl (C=O) groups is 2. The first kappa shape index (κ1) is 22.1. The topological polar surface area (TPSA) is 62.3 Å². The third kappa shape index (κ3) is 6.18. The lowest BCUT2D eigenvalue weighted by molar-refractivity contribution is -0.116. The summed E-state index contributed by atoms with van der Waals surface area (Å²) in [4.78, 5) is 31.6. The Hall–Kier alpha value is -2.64. The Kier molecular flexibility index (Phi) is 7.65. The van der Waals surface area contributed by atoms with E-state index >= 15 is 0 Å².